The summed E-state index contributed by atoms with van der Waals surface area (Å²) < 4.78 is 0.845. The summed E-state index contributed by atoms with van der Waals surface area (Å²) in [5.41, 5.74) is 1.33. The highest BCUT2D eigenvalue weighted by molar-refractivity contribution is 9.10. The average Bonchev–Trinajstić information content (AvgIpc) is 3.10. The minimum Gasteiger partial charge on any atom is -0.303 e. The van der Waals surface area contributed by atoms with Crippen LogP contribution in [0.15, 0.2) is 22.7 Å². The molecule has 0 aromatic heterocycles. The van der Waals surface area contributed by atoms with Crippen LogP contribution in [-0.2, 0) is 4.79 Å². The van der Waals surface area contributed by atoms with Crippen molar-refractivity contribution in [3.05, 3.63) is 28.2 Å². The van der Waals surface area contributed by atoms with E-state index in [0.717, 1.165) is 22.0 Å². The molecular weight excluding hydrogens is 318 g/mol. The van der Waals surface area contributed by atoms with E-state index in [4.69, 9.17) is 0 Å². The number of benzene rings is 1. The Bertz CT molecular complexity index is 612. The fourth-order valence-electron chi connectivity index (χ4n) is 4.32. The van der Waals surface area contributed by atoms with Gasteiger partial charge in [-0.2, -0.15) is 0 Å². The van der Waals surface area contributed by atoms with Gasteiger partial charge in [0.2, 0.25) is 0 Å². The second kappa shape index (κ2) is 4.42. The number of nitrogens with zero attached hydrogens (tertiary/aromatic N) is 1. The van der Waals surface area contributed by atoms with Crippen molar-refractivity contribution in [1.29, 1.82) is 0 Å². The van der Waals surface area contributed by atoms with Gasteiger partial charge in [0.1, 0.15) is 0 Å². The molecule has 3 aliphatic rings. The van der Waals surface area contributed by atoms with E-state index >= 15 is 0 Å². The largest absolute Gasteiger partial charge is 0.303 e. The van der Waals surface area contributed by atoms with Crippen molar-refractivity contribution in [3.8, 4) is 0 Å². The van der Waals surface area contributed by atoms with Crippen molar-refractivity contribution in [3.63, 3.8) is 0 Å². The molecule has 2 aliphatic carbocycles. The Hall–Kier alpha value is -1.16. The van der Waals surface area contributed by atoms with Crippen molar-refractivity contribution in [2.24, 2.45) is 17.8 Å². The molecule has 0 N–H and O–H groups in total. The maximum Gasteiger partial charge on any atom is 0.299 e. The van der Waals surface area contributed by atoms with Crippen LogP contribution < -0.4 is 4.90 Å². The summed E-state index contributed by atoms with van der Waals surface area (Å²) in [4.78, 5) is 26.1. The highest BCUT2D eigenvalue weighted by Gasteiger charge is 2.44. The van der Waals surface area contributed by atoms with Gasteiger partial charge in [-0.05, 0) is 65.1 Å². The molecule has 4 rings (SSSR count). The quantitative estimate of drug-likeness (QED) is 0.777. The number of Topliss-reactive ketones (excluding diaryl/α,β-unsaturated/α-hetero) is 1. The first-order valence-corrected chi connectivity index (χ1v) is 8.09. The molecule has 2 saturated carbocycles. The van der Waals surface area contributed by atoms with Gasteiger partial charge < -0.3 is 4.90 Å². The van der Waals surface area contributed by atoms with E-state index in [-0.39, 0.29) is 11.7 Å². The molecule has 0 spiro atoms. The van der Waals surface area contributed by atoms with Crippen LogP contribution in [0.3, 0.4) is 0 Å². The van der Waals surface area contributed by atoms with Gasteiger partial charge in [-0.15, -0.1) is 0 Å². The maximum atomic E-state index is 12.3. The summed E-state index contributed by atoms with van der Waals surface area (Å²) in [6.45, 7) is 0.710. The minimum absolute atomic E-state index is 0.352. The summed E-state index contributed by atoms with van der Waals surface area (Å²) in [6, 6.07) is 5.47. The minimum atomic E-state index is -0.357. The summed E-state index contributed by atoms with van der Waals surface area (Å²) in [5.74, 6) is 1.48. The highest BCUT2D eigenvalue weighted by Crippen LogP contribution is 2.49. The molecule has 1 aliphatic heterocycles. The monoisotopic (exact) mass is 333 g/mol. The van der Waals surface area contributed by atoms with Crippen molar-refractivity contribution >= 4 is 33.3 Å². The lowest BCUT2D eigenvalue weighted by molar-refractivity contribution is -0.114. The number of amides is 1. The fourth-order valence-corrected chi connectivity index (χ4v) is 4.90. The molecule has 0 radical (unpaired) electrons. The van der Waals surface area contributed by atoms with Crippen LogP contribution in [0.2, 0.25) is 0 Å². The summed E-state index contributed by atoms with van der Waals surface area (Å²) in [6.07, 6.45) is 5.20. The number of anilines is 1. The van der Waals surface area contributed by atoms with E-state index in [9.17, 15) is 9.59 Å². The molecule has 0 saturated heterocycles. The molecule has 1 aromatic carbocycles. The molecule has 4 heteroatoms. The lowest BCUT2D eigenvalue weighted by Gasteiger charge is -2.27. The number of rotatable bonds is 2. The number of hydrogen-bond acceptors (Lipinski definition) is 2. The molecule has 3 unspecified atom stereocenters. The highest BCUT2D eigenvalue weighted by atomic mass is 79.9. The van der Waals surface area contributed by atoms with Crippen molar-refractivity contribution in [2.45, 2.75) is 25.7 Å². The van der Waals surface area contributed by atoms with Gasteiger partial charge in [-0.3, -0.25) is 9.59 Å². The zero-order valence-electron chi connectivity index (χ0n) is 11.1. The van der Waals surface area contributed by atoms with Gasteiger partial charge in [-0.1, -0.05) is 12.5 Å². The molecular formula is C16H16BrNO2. The molecule has 1 heterocycles. The Balaban J connectivity index is 1.66. The standard InChI is InChI=1S/C16H16BrNO2/c17-13-3-1-2-12-14(13)18(16(20)15(12)19)8-11-7-9-4-5-10(11)6-9/h1-3,9-11H,4-8H2. The smallest absolute Gasteiger partial charge is 0.299 e. The Morgan fingerprint density at radius 1 is 1.20 bits per heavy atom. The summed E-state index contributed by atoms with van der Waals surface area (Å²) in [7, 11) is 0. The zero-order valence-corrected chi connectivity index (χ0v) is 12.7. The van der Waals surface area contributed by atoms with E-state index in [0.29, 0.717) is 18.0 Å². The Morgan fingerprint density at radius 2 is 2.05 bits per heavy atom. The zero-order chi connectivity index (χ0) is 13.9. The predicted molar refractivity (Wildman–Crippen MR) is 79.8 cm³/mol. The first kappa shape index (κ1) is 12.6. The van der Waals surface area contributed by atoms with Crippen LogP contribution in [0.25, 0.3) is 0 Å². The number of carbonyl (C=O) groups is 2. The van der Waals surface area contributed by atoms with Crippen LogP contribution >= 0.6 is 15.9 Å². The Labute approximate surface area is 126 Å². The Kier molecular flexibility index (Phi) is 2.78. The molecule has 1 amide bonds. The fraction of sp³-hybridized carbons (Fsp3) is 0.500. The molecule has 20 heavy (non-hydrogen) atoms. The number of carbonyl (C=O) groups excluding carboxylic acids is 2. The predicted octanol–water partition coefficient (Wildman–Crippen LogP) is 3.41. The van der Waals surface area contributed by atoms with E-state index in [1.165, 1.54) is 25.7 Å². The lowest BCUT2D eigenvalue weighted by atomic mass is 9.88. The SMILES string of the molecule is O=C1C(=O)N(CC2CC3CCC2C3)c2c(Br)cccc21. The second-order valence-electron chi connectivity index (χ2n) is 6.32. The molecule has 3 atom stereocenters. The first-order valence-electron chi connectivity index (χ1n) is 7.30. The maximum absolute atomic E-state index is 12.3. The van der Waals surface area contributed by atoms with Crippen molar-refractivity contribution < 1.29 is 9.59 Å². The van der Waals surface area contributed by atoms with Crippen LogP contribution in [0.1, 0.15) is 36.0 Å². The van der Waals surface area contributed by atoms with Crippen molar-refractivity contribution in [1.82, 2.24) is 0 Å². The van der Waals surface area contributed by atoms with Crippen LogP contribution in [0.4, 0.5) is 5.69 Å². The van der Waals surface area contributed by atoms with Crippen LogP contribution in [0, 0.1) is 17.8 Å². The van der Waals surface area contributed by atoms with E-state index in [2.05, 4.69) is 15.9 Å². The molecule has 1 aromatic rings. The normalized spacial score (nSPS) is 31.2. The van der Waals surface area contributed by atoms with Gasteiger partial charge in [0.05, 0.1) is 11.3 Å². The number of hydrogen-bond donors (Lipinski definition) is 0. The van der Waals surface area contributed by atoms with E-state index < -0.39 is 0 Å². The molecule has 104 valence electrons. The first-order chi connectivity index (χ1) is 9.65. The molecule has 2 fully saturated rings. The van der Waals surface area contributed by atoms with Gasteiger partial charge in [0.15, 0.2) is 0 Å². The topological polar surface area (TPSA) is 37.4 Å². The second-order valence-corrected chi connectivity index (χ2v) is 7.17. The van der Waals surface area contributed by atoms with Crippen LogP contribution in [-0.4, -0.2) is 18.2 Å². The van der Waals surface area contributed by atoms with Gasteiger partial charge in [0, 0.05) is 11.0 Å². The third kappa shape index (κ3) is 1.70. The van der Waals surface area contributed by atoms with Crippen LogP contribution in [0.5, 0.6) is 0 Å². The number of fused-ring (bicyclic) bond motifs is 3. The van der Waals surface area contributed by atoms with E-state index in [1.807, 2.05) is 12.1 Å². The molecule has 3 nitrogen and oxygen atoms in total. The summed E-state index contributed by atoms with van der Waals surface area (Å²) >= 11 is 3.49. The lowest BCUT2D eigenvalue weighted by Crippen LogP contribution is -2.36. The van der Waals surface area contributed by atoms with Gasteiger partial charge in [0.25, 0.3) is 11.7 Å². The third-order valence-corrected chi connectivity index (χ3v) is 5.88. The number of halogens is 1. The van der Waals surface area contributed by atoms with Gasteiger partial charge >= 0.3 is 0 Å². The molecule has 2 bridgehead atoms. The van der Waals surface area contributed by atoms with E-state index in [1.54, 1.807) is 11.0 Å². The number of ketones is 1. The average molecular weight is 334 g/mol. The Morgan fingerprint density at radius 3 is 2.75 bits per heavy atom. The summed E-state index contributed by atoms with van der Waals surface area (Å²) in [5, 5.41) is 0. The number of para-hydroxylation sites is 1. The van der Waals surface area contributed by atoms with Gasteiger partial charge in [-0.25, -0.2) is 0 Å². The third-order valence-electron chi connectivity index (χ3n) is 5.24. The van der Waals surface area contributed by atoms with Crippen molar-refractivity contribution in [2.75, 3.05) is 11.4 Å².